The molecule has 0 amide bonds. The quantitative estimate of drug-likeness (QED) is 0.720. The minimum Gasteiger partial charge on any atom is -0.444 e. The summed E-state index contributed by atoms with van der Waals surface area (Å²) < 4.78 is 5.64. The summed E-state index contributed by atoms with van der Waals surface area (Å²) in [5, 5.41) is 0. The minimum absolute atomic E-state index is 0.695. The van der Waals surface area contributed by atoms with E-state index in [4.69, 9.17) is 4.42 Å². The number of hydrogen-bond acceptors (Lipinski definition) is 3. The molecule has 110 valence electrons. The Kier molecular flexibility index (Phi) is 3.39. The standard InChI is InChI=1S/C19H18N2O/c1-2-8-16(9-3-1)19-20-17(14-22-19)13-21-12-6-10-15-7-4-5-11-18(15)21/h1-5,7-9,11,14H,6,10,12-13H2. The van der Waals surface area contributed by atoms with Gasteiger partial charge in [0.25, 0.3) is 0 Å². The third kappa shape index (κ3) is 2.50. The minimum atomic E-state index is 0.695. The summed E-state index contributed by atoms with van der Waals surface area (Å²) in [6, 6.07) is 18.7. The molecule has 0 N–H and O–H groups in total. The number of benzene rings is 2. The average Bonchev–Trinajstić information content (AvgIpc) is 3.05. The number of aromatic nitrogens is 1. The van der Waals surface area contributed by atoms with Gasteiger partial charge in [0.1, 0.15) is 6.26 Å². The third-order valence-corrected chi connectivity index (χ3v) is 4.13. The Hall–Kier alpha value is -2.55. The Morgan fingerprint density at radius 1 is 1.00 bits per heavy atom. The highest BCUT2D eigenvalue weighted by molar-refractivity contribution is 5.56. The number of anilines is 1. The number of nitrogens with zero attached hydrogens (tertiary/aromatic N) is 2. The van der Waals surface area contributed by atoms with E-state index in [1.165, 1.54) is 24.1 Å². The molecule has 2 aromatic carbocycles. The van der Waals surface area contributed by atoms with Gasteiger partial charge in [-0.05, 0) is 36.6 Å². The van der Waals surface area contributed by atoms with Gasteiger partial charge in [-0.15, -0.1) is 0 Å². The fraction of sp³-hybridized carbons (Fsp3) is 0.211. The molecule has 3 aromatic rings. The molecule has 0 aliphatic carbocycles. The van der Waals surface area contributed by atoms with E-state index >= 15 is 0 Å². The zero-order valence-corrected chi connectivity index (χ0v) is 12.4. The molecule has 0 bridgehead atoms. The maximum atomic E-state index is 5.64. The van der Waals surface area contributed by atoms with Gasteiger partial charge in [-0.25, -0.2) is 4.98 Å². The van der Waals surface area contributed by atoms with Crippen LogP contribution in [-0.2, 0) is 13.0 Å². The summed E-state index contributed by atoms with van der Waals surface area (Å²) in [6.45, 7) is 1.87. The second kappa shape index (κ2) is 5.68. The SMILES string of the molecule is c1ccc(-c2nc(CN3CCCc4ccccc43)co2)cc1. The second-order valence-corrected chi connectivity index (χ2v) is 5.66. The Morgan fingerprint density at radius 3 is 2.73 bits per heavy atom. The molecule has 2 heterocycles. The van der Waals surface area contributed by atoms with Crippen molar-refractivity contribution in [2.24, 2.45) is 0 Å². The molecule has 0 saturated heterocycles. The molecule has 4 rings (SSSR count). The van der Waals surface area contributed by atoms with E-state index in [9.17, 15) is 0 Å². The molecule has 0 fully saturated rings. The van der Waals surface area contributed by atoms with E-state index in [2.05, 4.69) is 34.1 Å². The molecule has 22 heavy (non-hydrogen) atoms. The van der Waals surface area contributed by atoms with Gasteiger partial charge in [-0.2, -0.15) is 0 Å². The maximum Gasteiger partial charge on any atom is 0.226 e. The summed E-state index contributed by atoms with van der Waals surface area (Å²) in [4.78, 5) is 7.03. The number of fused-ring (bicyclic) bond motifs is 1. The van der Waals surface area contributed by atoms with Crippen LogP contribution in [0.2, 0.25) is 0 Å². The Labute approximate surface area is 130 Å². The number of rotatable bonds is 3. The third-order valence-electron chi connectivity index (χ3n) is 4.13. The van der Waals surface area contributed by atoms with Crippen molar-refractivity contribution in [2.45, 2.75) is 19.4 Å². The molecule has 3 nitrogen and oxygen atoms in total. The molecule has 1 aromatic heterocycles. The van der Waals surface area contributed by atoms with Crippen LogP contribution in [-0.4, -0.2) is 11.5 Å². The number of hydrogen-bond donors (Lipinski definition) is 0. The Morgan fingerprint density at radius 2 is 1.82 bits per heavy atom. The first-order valence-corrected chi connectivity index (χ1v) is 7.73. The van der Waals surface area contributed by atoms with Crippen LogP contribution in [0.25, 0.3) is 11.5 Å². The van der Waals surface area contributed by atoms with Crippen LogP contribution < -0.4 is 4.90 Å². The zero-order chi connectivity index (χ0) is 14.8. The van der Waals surface area contributed by atoms with Crippen LogP contribution >= 0.6 is 0 Å². The zero-order valence-electron chi connectivity index (χ0n) is 12.4. The first-order chi connectivity index (χ1) is 10.9. The second-order valence-electron chi connectivity index (χ2n) is 5.66. The van der Waals surface area contributed by atoms with Gasteiger partial charge in [0.2, 0.25) is 5.89 Å². The highest BCUT2D eigenvalue weighted by atomic mass is 16.3. The largest absolute Gasteiger partial charge is 0.444 e. The summed E-state index contributed by atoms with van der Waals surface area (Å²) in [5.41, 5.74) is 4.77. The predicted octanol–water partition coefficient (Wildman–Crippen LogP) is 4.29. The molecule has 3 heteroatoms. The van der Waals surface area contributed by atoms with E-state index in [0.29, 0.717) is 5.89 Å². The van der Waals surface area contributed by atoms with Crippen LogP contribution in [0.15, 0.2) is 65.3 Å². The molecule has 0 atom stereocenters. The van der Waals surface area contributed by atoms with Crippen LogP contribution in [0.5, 0.6) is 0 Å². The van der Waals surface area contributed by atoms with E-state index < -0.39 is 0 Å². The molecule has 0 saturated carbocycles. The summed E-state index contributed by atoms with van der Waals surface area (Å²) in [6.07, 6.45) is 4.14. The number of para-hydroxylation sites is 1. The van der Waals surface area contributed by atoms with E-state index in [1.807, 2.05) is 30.3 Å². The topological polar surface area (TPSA) is 29.3 Å². The van der Waals surface area contributed by atoms with E-state index in [0.717, 1.165) is 24.3 Å². The smallest absolute Gasteiger partial charge is 0.226 e. The van der Waals surface area contributed by atoms with Crippen LogP contribution in [0.1, 0.15) is 17.7 Å². The normalized spacial score (nSPS) is 13.9. The molecule has 1 aliphatic rings. The van der Waals surface area contributed by atoms with Crippen molar-refractivity contribution in [3.8, 4) is 11.5 Å². The lowest BCUT2D eigenvalue weighted by molar-refractivity contribution is 0.571. The first-order valence-electron chi connectivity index (χ1n) is 7.73. The van der Waals surface area contributed by atoms with Crippen LogP contribution in [0.4, 0.5) is 5.69 Å². The number of aryl methyl sites for hydroxylation is 1. The first kappa shape index (κ1) is 13.1. The lowest BCUT2D eigenvalue weighted by Gasteiger charge is -2.30. The summed E-state index contributed by atoms with van der Waals surface area (Å²) >= 11 is 0. The van der Waals surface area contributed by atoms with Crippen molar-refractivity contribution < 1.29 is 4.42 Å². The van der Waals surface area contributed by atoms with Crippen molar-refractivity contribution in [1.29, 1.82) is 0 Å². The van der Waals surface area contributed by atoms with Crippen molar-refractivity contribution in [3.63, 3.8) is 0 Å². The monoisotopic (exact) mass is 290 g/mol. The summed E-state index contributed by atoms with van der Waals surface area (Å²) in [5.74, 6) is 0.695. The highest BCUT2D eigenvalue weighted by Gasteiger charge is 2.18. The summed E-state index contributed by atoms with van der Waals surface area (Å²) in [7, 11) is 0. The van der Waals surface area contributed by atoms with E-state index in [-0.39, 0.29) is 0 Å². The molecular weight excluding hydrogens is 272 g/mol. The van der Waals surface area contributed by atoms with Crippen LogP contribution in [0, 0.1) is 0 Å². The molecule has 0 unspecified atom stereocenters. The highest BCUT2D eigenvalue weighted by Crippen LogP contribution is 2.28. The maximum absolute atomic E-state index is 5.64. The Bertz CT molecular complexity index is 764. The lowest BCUT2D eigenvalue weighted by Crippen LogP contribution is -2.28. The van der Waals surface area contributed by atoms with Crippen molar-refractivity contribution in [1.82, 2.24) is 4.98 Å². The predicted molar refractivity (Wildman–Crippen MR) is 87.8 cm³/mol. The van der Waals surface area contributed by atoms with Crippen molar-refractivity contribution >= 4 is 5.69 Å². The average molecular weight is 290 g/mol. The van der Waals surface area contributed by atoms with Gasteiger partial charge in [0.05, 0.1) is 12.2 Å². The molecule has 0 spiro atoms. The van der Waals surface area contributed by atoms with Gasteiger partial charge in [-0.1, -0.05) is 36.4 Å². The lowest BCUT2D eigenvalue weighted by atomic mass is 10.0. The fourth-order valence-electron chi connectivity index (χ4n) is 3.06. The fourth-order valence-corrected chi connectivity index (χ4v) is 3.06. The number of oxazole rings is 1. The Balaban J connectivity index is 1.57. The van der Waals surface area contributed by atoms with E-state index in [1.54, 1.807) is 6.26 Å². The van der Waals surface area contributed by atoms with Gasteiger partial charge >= 0.3 is 0 Å². The van der Waals surface area contributed by atoms with Crippen molar-refractivity contribution in [3.05, 3.63) is 72.1 Å². The van der Waals surface area contributed by atoms with Crippen LogP contribution in [0.3, 0.4) is 0 Å². The van der Waals surface area contributed by atoms with Gasteiger partial charge in [0, 0.05) is 17.8 Å². The van der Waals surface area contributed by atoms with Gasteiger partial charge < -0.3 is 9.32 Å². The molecule has 0 radical (unpaired) electrons. The molecular formula is C19H18N2O. The molecule has 1 aliphatic heterocycles. The van der Waals surface area contributed by atoms with Gasteiger partial charge in [0.15, 0.2) is 0 Å². The van der Waals surface area contributed by atoms with Crippen molar-refractivity contribution in [2.75, 3.05) is 11.4 Å². The van der Waals surface area contributed by atoms with Gasteiger partial charge in [-0.3, -0.25) is 0 Å².